The van der Waals surface area contributed by atoms with Gasteiger partial charge in [0, 0.05) is 17.7 Å². The van der Waals surface area contributed by atoms with E-state index in [0.717, 1.165) is 25.7 Å². The van der Waals surface area contributed by atoms with Crippen LogP contribution in [0.25, 0.3) is 0 Å². The van der Waals surface area contributed by atoms with E-state index < -0.39 is 11.0 Å². The highest BCUT2D eigenvalue weighted by molar-refractivity contribution is 5.45. The monoisotopic (exact) mass is 293 g/mol. The number of nitrogens with zero attached hydrogens (tertiary/aromatic N) is 1. The Labute approximate surface area is 125 Å². The molecule has 0 radical (unpaired) electrons. The van der Waals surface area contributed by atoms with E-state index >= 15 is 0 Å². The Morgan fingerprint density at radius 2 is 2.14 bits per heavy atom. The second kappa shape index (κ2) is 6.89. The maximum atomic E-state index is 10.9. The molecule has 2 rings (SSSR count). The summed E-state index contributed by atoms with van der Waals surface area (Å²) >= 11 is 0. The maximum absolute atomic E-state index is 10.9. The van der Waals surface area contributed by atoms with E-state index in [-0.39, 0.29) is 11.8 Å². The molecule has 1 N–H and O–H groups in total. The second-order valence-corrected chi connectivity index (χ2v) is 5.76. The van der Waals surface area contributed by atoms with Gasteiger partial charge in [0.05, 0.1) is 11.0 Å². The van der Waals surface area contributed by atoms with Crippen LogP contribution in [0.15, 0.2) is 18.2 Å². The highest BCUT2D eigenvalue weighted by Crippen LogP contribution is 2.35. The number of nitro benzene ring substituents is 1. The van der Waals surface area contributed by atoms with Gasteiger partial charge in [-0.15, -0.1) is 0 Å². The van der Waals surface area contributed by atoms with Crippen LogP contribution in [-0.4, -0.2) is 16.1 Å². The molecule has 3 unspecified atom stereocenters. The van der Waals surface area contributed by atoms with Crippen molar-refractivity contribution in [1.29, 1.82) is 0 Å². The fourth-order valence-corrected chi connectivity index (χ4v) is 3.04. The molecule has 5 heteroatoms. The van der Waals surface area contributed by atoms with Gasteiger partial charge in [-0.3, -0.25) is 10.1 Å². The maximum Gasteiger partial charge on any atom is 0.270 e. The van der Waals surface area contributed by atoms with Crippen molar-refractivity contribution in [3.05, 3.63) is 33.9 Å². The molecule has 0 amide bonds. The zero-order valence-corrected chi connectivity index (χ0v) is 12.6. The van der Waals surface area contributed by atoms with Crippen molar-refractivity contribution >= 4 is 5.69 Å². The summed E-state index contributed by atoms with van der Waals surface area (Å²) in [5.74, 6) is 1.09. The van der Waals surface area contributed by atoms with Gasteiger partial charge in [-0.05, 0) is 44.6 Å². The van der Waals surface area contributed by atoms with E-state index in [0.29, 0.717) is 17.2 Å². The summed E-state index contributed by atoms with van der Waals surface area (Å²) < 4.78 is 6.10. The standard InChI is InChI=1S/C16H23NO4/c1-3-12-6-4-5-7-15(12)21-16-9-8-13(17(19)20)10-14(16)11(2)18/h8-12,15,18H,3-7H2,1-2H3. The van der Waals surface area contributed by atoms with E-state index in [1.807, 2.05) is 0 Å². The van der Waals surface area contributed by atoms with Crippen LogP contribution in [0.5, 0.6) is 5.75 Å². The lowest BCUT2D eigenvalue weighted by Crippen LogP contribution is -2.30. The minimum Gasteiger partial charge on any atom is -0.490 e. The lowest BCUT2D eigenvalue weighted by Gasteiger charge is -2.32. The quantitative estimate of drug-likeness (QED) is 0.658. The molecule has 1 fully saturated rings. The Bertz CT molecular complexity index is 501. The summed E-state index contributed by atoms with van der Waals surface area (Å²) in [4.78, 5) is 10.4. The van der Waals surface area contributed by atoms with Crippen molar-refractivity contribution in [1.82, 2.24) is 0 Å². The van der Waals surface area contributed by atoms with Crippen LogP contribution in [0.3, 0.4) is 0 Å². The molecule has 0 spiro atoms. The minimum atomic E-state index is -0.788. The first kappa shape index (κ1) is 15.8. The zero-order chi connectivity index (χ0) is 15.4. The predicted octanol–water partition coefficient (Wildman–Crippen LogP) is 4.00. The molecule has 116 valence electrons. The summed E-state index contributed by atoms with van der Waals surface area (Å²) in [6.45, 7) is 3.77. The smallest absolute Gasteiger partial charge is 0.270 e. The number of nitro groups is 1. The van der Waals surface area contributed by atoms with Crippen molar-refractivity contribution < 1.29 is 14.8 Å². The molecule has 1 aromatic carbocycles. The van der Waals surface area contributed by atoms with Gasteiger partial charge in [0.1, 0.15) is 11.9 Å². The fourth-order valence-electron chi connectivity index (χ4n) is 3.04. The van der Waals surface area contributed by atoms with Crippen molar-refractivity contribution in [2.45, 2.75) is 58.2 Å². The SMILES string of the molecule is CCC1CCCCC1Oc1ccc([N+](=O)[O-])cc1C(C)O. The van der Waals surface area contributed by atoms with E-state index in [1.165, 1.54) is 18.6 Å². The number of ether oxygens (including phenoxy) is 1. The van der Waals surface area contributed by atoms with Gasteiger partial charge in [-0.2, -0.15) is 0 Å². The molecule has 0 saturated heterocycles. The molecule has 1 aliphatic rings. The summed E-state index contributed by atoms with van der Waals surface area (Å²) in [6, 6.07) is 4.45. The van der Waals surface area contributed by atoms with Gasteiger partial charge in [0.25, 0.3) is 5.69 Å². The summed E-state index contributed by atoms with van der Waals surface area (Å²) in [6.07, 6.45) is 4.99. The largest absolute Gasteiger partial charge is 0.490 e. The summed E-state index contributed by atoms with van der Waals surface area (Å²) in [5.41, 5.74) is 0.471. The van der Waals surface area contributed by atoms with Gasteiger partial charge < -0.3 is 9.84 Å². The fraction of sp³-hybridized carbons (Fsp3) is 0.625. The molecular weight excluding hydrogens is 270 g/mol. The highest BCUT2D eigenvalue weighted by Gasteiger charge is 2.27. The van der Waals surface area contributed by atoms with Crippen molar-refractivity contribution in [3.8, 4) is 5.75 Å². The Hall–Kier alpha value is -1.62. The third-order valence-electron chi connectivity index (χ3n) is 4.30. The van der Waals surface area contributed by atoms with Crippen LogP contribution in [-0.2, 0) is 0 Å². The van der Waals surface area contributed by atoms with E-state index in [4.69, 9.17) is 4.74 Å². The van der Waals surface area contributed by atoms with Gasteiger partial charge in [0.2, 0.25) is 0 Å². The normalized spacial score (nSPS) is 23.6. The lowest BCUT2D eigenvalue weighted by molar-refractivity contribution is -0.385. The van der Waals surface area contributed by atoms with Gasteiger partial charge >= 0.3 is 0 Å². The first-order chi connectivity index (χ1) is 10.0. The lowest BCUT2D eigenvalue weighted by atomic mass is 9.84. The number of rotatable bonds is 5. The minimum absolute atomic E-state index is 0.0195. The molecule has 0 aliphatic heterocycles. The van der Waals surface area contributed by atoms with Crippen LogP contribution < -0.4 is 4.74 Å². The first-order valence-corrected chi connectivity index (χ1v) is 7.66. The molecule has 0 bridgehead atoms. The second-order valence-electron chi connectivity index (χ2n) is 5.76. The number of aliphatic hydroxyl groups excluding tert-OH is 1. The van der Waals surface area contributed by atoms with Gasteiger partial charge in [-0.25, -0.2) is 0 Å². The number of aliphatic hydroxyl groups is 1. The van der Waals surface area contributed by atoms with Crippen LogP contribution in [0.4, 0.5) is 5.69 Å². The van der Waals surface area contributed by atoms with Crippen LogP contribution in [0.2, 0.25) is 0 Å². The first-order valence-electron chi connectivity index (χ1n) is 7.66. The molecule has 1 aromatic rings. The van der Waals surface area contributed by atoms with Gasteiger partial charge in [-0.1, -0.05) is 13.3 Å². The Morgan fingerprint density at radius 3 is 2.76 bits per heavy atom. The Kier molecular flexibility index (Phi) is 5.17. The third-order valence-corrected chi connectivity index (χ3v) is 4.30. The Balaban J connectivity index is 2.24. The third kappa shape index (κ3) is 3.73. The van der Waals surface area contributed by atoms with Crippen molar-refractivity contribution in [2.75, 3.05) is 0 Å². The van der Waals surface area contributed by atoms with Gasteiger partial charge in [0.15, 0.2) is 0 Å². The van der Waals surface area contributed by atoms with Crippen molar-refractivity contribution in [3.63, 3.8) is 0 Å². The number of hydrogen-bond acceptors (Lipinski definition) is 4. The molecular formula is C16H23NO4. The predicted molar refractivity (Wildman–Crippen MR) is 80.4 cm³/mol. The zero-order valence-electron chi connectivity index (χ0n) is 12.6. The molecule has 0 heterocycles. The average Bonchev–Trinajstić information content (AvgIpc) is 2.47. The summed E-state index contributed by atoms with van der Waals surface area (Å²) in [5, 5.41) is 20.7. The highest BCUT2D eigenvalue weighted by atomic mass is 16.6. The van der Waals surface area contributed by atoms with Crippen LogP contribution in [0, 0.1) is 16.0 Å². The number of hydrogen-bond donors (Lipinski definition) is 1. The van der Waals surface area contributed by atoms with Crippen LogP contribution >= 0.6 is 0 Å². The molecule has 0 aromatic heterocycles. The topological polar surface area (TPSA) is 72.6 Å². The Morgan fingerprint density at radius 1 is 1.43 bits per heavy atom. The number of benzene rings is 1. The van der Waals surface area contributed by atoms with E-state index in [1.54, 1.807) is 13.0 Å². The van der Waals surface area contributed by atoms with Crippen LogP contribution in [0.1, 0.15) is 57.6 Å². The molecule has 21 heavy (non-hydrogen) atoms. The molecule has 5 nitrogen and oxygen atoms in total. The number of non-ortho nitro benzene ring substituents is 1. The molecule has 3 atom stereocenters. The summed E-state index contributed by atoms with van der Waals surface area (Å²) in [7, 11) is 0. The van der Waals surface area contributed by atoms with Crippen molar-refractivity contribution in [2.24, 2.45) is 5.92 Å². The average molecular weight is 293 g/mol. The molecule has 1 aliphatic carbocycles. The van der Waals surface area contributed by atoms with E-state index in [9.17, 15) is 15.2 Å². The molecule has 1 saturated carbocycles. The van der Waals surface area contributed by atoms with E-state index in [2.05, 4.69) is 6.92 Å².